The third kappa shape index (κ3) is 5.14. The van der Waals surface area contributed by atoms with Crippen LogP contribution in [0.1, 0.15) is 29.1 Å². The van der Waals surface area contributed by atoms with E-state index in [0.29, 0.717) is 25.5 Å². The van der Waals surface area contributed by atoms with Gasteiger partial charge in [0.25, 0.3) is 0 Å². The van der Waals surface area contributed by atoms with Gasteiger partial charge in [0.15, 0.2) is 0 Å². The Hall–Kier alpha value is -1.98. The van der Waals surface area contributed by atoms with Crippen LogP contribution in [-0.2, 0) is 27.5 Å². The fourth-order valence-electron chi connectivity index (χ4n) is 3.13. The summed E-state index contributed by atoms with van der Waals surface area (Å²) in [5.74, 6) is -0.516. The van der Waals surface area contributed by atoms with Crippen molar-refractivity contribution in [2.75, 3.05) is 13.1 Å². The predicted molar refractivity (Wildman–Crippen MR) is 102 cm³/mol. The lowest BCUT2D eigenvalue weighted by atomic mass is 9.97. The number of nitrogens with one attached hydrogen (secondary N) is 1. The molecule has 2 heterocycles. The van der Waals surface area contributed by atoms with Gasteiger partial charge in [-0.05, 0) is 38.0 Å². The molecule has 29 heavy (non-hydrogen) atoms. The molecule has 0 radical (unpaired) electrons. The van der Waals surface area contributed by atoms with Gasteiger partial charge in [0.2, 0.25) is 15.9 Å². The minimum absolute atomic E-state index is 0.0764. The molecule has 1 amide bonds. The van der Waals surface area contributed by atoms with E-state index in [-0.39, 0.29) is 24.9 Å². The molecule has 1 N–H and O–H groups in total. The van der Waals surface area contributed by atoms with E-state index in [4.69, 9.17) is 0 Å². The number of sulfonamides is 1. The molecule has 0 aliphatic carbocycles. The predicted octanol–water partition coefficient (Wildman–Crippen LogP) is 3.19. The number of aromatic nitrogens is 1. The van der Waals surface area contributed by atoms with Gasteiger partial charge in [-0.3, -0.25) is 4.79 Å². The SMILES string of the molecule is Cc1csc(CNC(=O)C2CCN(S(=O)(=O)c3cccc(C(F)(F)F)c3)CC2)n1. The van der Waals surface area contributed by atoms with Crippen LogP contribution in [0.3, 0.4) is 0 Å². The molecule has 1 aliphatic heterocycles. The third-order valence-electron chi connectivity index (χ3n) is 4.70. The number of hydrogen-bond acceptors (Lipinski definition) is 5. The molecule has 158 valence electrons. The van der Waals surface area contributed by atoms with Crippen LogP contribution in [0.15, 0.2) is 34.5 Å². The maximum absolute atomic E-state index is 12.9. The number of carbonyl (C=O) groups excluding carboxylic acids is 1. The number of aryl methyl sites for hydroxylation is 1. The molecule has 1 aliphatic rings. The molecular formula is C18H20F3N3O3S2. The van der Waals surface area contributed by atoms with Crippen molar-refractivity contribution in [3.05, 3.63) is 45.9 Å². The van der Waals surface area contributed by atoms with E-state index in [2.05, 4.69) is 10.3 Å². The first-order valence-corrected chi connectivity index (χ1v) is 11.3. The van der Waals surface area contributed by atoms with Crippen molar-refractivity contribution in [1.29, 1.82) is 0 Å². The first kappa shape index (κ1) is 21.7. The summed E-state index contributed by atoms with van der Waals surface area (Å²) in [6.45, 7) is 2.34. The number of hydrogen-bond donors (Lipinski definition) is 1. The summed E-state index contributed by atoms with van der Waals surface area (Å²) < 4.78 is 65.2. The van der Waals surface area contributed by atoms with E-state index in [1.165, 1.54) is 11.3 Å². The zero-order valence-electron chi connectivity index (χ0n) is 15.6. The zero-order chi connectivity index (χ0) is 21.2. The fraction of sp³-hybridized carbons (Fsp3) is 0.444. The molecule has 1 saturated heterocycles. The minimum Gasteiger partial charge on any atom is -0.349 e. The largest absolute Gasteiger partial charge is 0.416 e. The van der Waals surface area contributed by atoms with Crippen molar-refractivity contribution in [2.24, 2.45) is 5.92 Å². The van der Waals surface area contributed by atoms with Gasteiger partial charge in [0, 0.05) is 30.1 Å². The number of piperidine rings is 1. The van der Waals surface area contributed by atoms with Crippen LogP contribution in [0, 0.1) is 12.8 Å². The van der Waals surface area contributed by atoms with E-state index < -0.39 is 26.7 Å². The average molecular weight is 448 g/mol. The van der Waals surface area contributed by atoms with Gasteiger partial charge >= 0.3 is 6.18 Å². The lowest BCUT2D eigenvalue weighted by molar-refractivity contribution is -0.137. The maximum Gasteiger partial charge on any atom is 0.416 e. The Morgan fingerprint density at radius 3 is 2.59 bits per heavy atom. The summed E-state index contributed by atoms with van der Waals surface area (Å²) in [6, 6.07) is 3.71. The Balaban J connectivity index is 1.60. The first-order chi connectivity index (χ1) is 13.6. The molecule has 6 nitrogen and oxygen atoms in total. The van der Waals surface area contributed by atoms with Crippen molar-refractivity contribution in [3.8, 4) is 0 Å². The molecule has 0 saturated carbocycles. The van der Waals surface area contributed by atoms with Crippen LogP contribution in [-0.4, -0.2) is 36.7 Å². The van der Waals surface area contributed by atoms with E-state index >= 15 is 0 Å². The highest BCUT2D eigenvalue weighted by atomic mass is 32.2. The molecular weight excluding hydrogens is 427 g/mol. The van der Waals surface area contributed by atoms with Crippen molar-refractivity contribution in [3.63, 3.8) is 0 Å². The first-order valence-electron chi connectivity index (χ1n) is 8.93. The monoisotopic (exact) mass is 447 g/mol. The smallest absolute Gasteiger partial charge is 0.349 e. The van der Waals surface area contributed by atoms with Crippen LogP contribution in [0.25, 0.3) is 0 Å². The average Bonchev–Trinajstić information content (AvgIpc) is 3.11. The molecule has 0 unspecified atom stereocenters. The number of nitrogens with zero attached hydrogens (tertiary/aromatic N) is 2. The molecule has 1 aromatic carbocycles. The molecule has 0 bridgehead atoms. The Morgan fingerprint density at radius 2 is 2.00 bits per heavy atom. The Morgan fingerprint density at radius 1 is 1.31 bits per heavy atom. The Labute approximate surface area is 170 Å². The number of halogens is 3. The summed E-state index contributed by atoms with van der Waals surface area (Å²) >= 11 is 1.45. The highest BCUT2D eigenvalue weighted by Crippen LogP contribution is 2.32. The second kappa shape index (κ2) is 8.41. The summed E-state index contributed by atoms with van der Waals surface area (Å²) in [4.78, 5) is 16.2. The minimum atomic E-state index is -4.62. The summed E-state index contributed by atoms with van der Waals surface area (Å²) in [7, 11) is -4.05. The van der Waals surface area contributed by atoms with Gasteiger partial charge in [-0.25, -0.2) is 13.4 Å². The van der Waals surface area contributed by atoms with Gasteiger partial charge in [0.05, 0.1) is 17.0 Å². The van der Waals surface area contributed by atoms with Gasteiger partial charge in [-0.1, -0.05) is 6.07 Å². The number of alkyl halides is 3. The van der Waals surface area contributed by atoms with E-state index in [1.807, 2.05) is 12.3 Å². The quantitative estimate of drug-likeness (QED) is 0.764. The lowest BCUT2D eigenvalue weighted by Gasteiger charge is -2.30. The summed E-state index contributed by atoms with van der Waals surface area (Å²) in [5.41, 5.74) is -0.127. The standard InChI is InChI=1S/C18H20F3N3O3S2/c1-12-11-28-16(23-12)10-22-17(25)13-5-7-24(8-6-13)29(26,27)15-4-2-3-14(9-15)18(19,20)21/h2-4,9,11,13H,5-8,10H2,1H3,(H,22,25). The molecule has 0 atom stereocenters. The topological polar surface area (TPSA) is 79.4 Å². The Bertz CT molecular complexity index is 981. The highest BCUT2D eigenvalue weighted by Gasteiger charge is 2.35. The second-order valence-corrected chi connectivity index (χ2v) is 9.68. The van der Waals surface area contributed by atoms with Crippen LogP contribution in [0.2, 0.25) is 0 Å². The normalized spacial score (nSPS) is 16.7. The molecule has 11 heteroatoms. The van der Waals surface area contributed by atoms with Crippen LogP contribution in [0.5, 0.6) is 0 Å². The third-order valence-corrected chi connectivity index (χ3v) is 7.57. The Kier molecular flexibility index (Phi) is 6.30. The van der Waals surface area contributed by atoms with Crippen molar-refractivity contribution >= 4 is 27.3 Å². The number of rotatable bonds is 5. The van der Waals surface area contributed by atoms with Crippen molar-refractivity contribution < 1.29 is 26.4 Å². The number of thiazole rings is 1. The summed E-state index contributed by atoms with van der Waals surface area (Å²) in [6.07, 6.45) is -4.01. The molecule has 0 spiro atoms. The van der Waals surface area contributed by atoms with Gasteiger partial charge in [-0.15, -0.1) is 11.3 Å². The van der Waals surface area contributed by atoms with Gasteiger partial charge in [-0.2, -0.15) is 17.5 Å². The van der Waals surface area contributed by atoms with Crippen molar-refractivity contribution in [2.45, 2.75) is 37.4 Å². The van der Waals surface area contributed by atoms with E-state index in [1.54, 1.807) is 0 Å². The molecule has 2 aromatic rings. The lowest BCUT2D eigenvalue weighted by Crippen LogP contribution is -2.42. The van der Waals surface area contributed by atoms with Crippen LogP contribution in [0.4, 0.5) is 13.2 Å². The molecule has 1 fully saturated rings. The second-order valence-electron chi connectivity index (χ2n) is 6.80. The number of amides is 1. The van der Waals surface area contributed by atoms with Crippen LogP contribution >= 0.6 is 11.3 Å². The fourth-order valence-corrected chi connectivity index (χ4v) is 5.36. The van der Waals surface area contributed by atoms with E-state index in [9.17, 15) is 26.4 Å². The number of carbonyl (C=O) groups is 1. The van der Waals surface area contributed by atoms with Crippen molar-refractivity contribution in [1.82, 2.24) is 14.6 Å². The molecule has 3 rings (SSSR count). The van der Waals surface area contributed by atoms with Crippen LogP contribution < -0.4 is 5.32 Å². The van der Waals surface area contributed by atoms with E-state index in [0.717, 1.165) is 33.2 Å². The zero-order valence-corrected chi connectivity index (χ0v) is 17.2. The van der Waals surface area contributed by atoms with Gasteiger partial charge in [0.1, 0.15) is 5.01 Å². The van der Waals surface area contributed by atoms with Gasteiger partial charge < -0.3 is 5.32 Å². The number of benzene rings is 1. The molecule has 1 aromatic heterocycles. The summed E-state index contributed by atoms with van der Waals surface area (Å²) in [5, 5.41) is 5.49. The highest BCUT2D eigenvalue weighted by molar-refractivity contribution is 7.89. The maximum atomic E-state index is 12.9.